The average Bonchev–Trinajstić information content (AvgIpc) is 2.22. The summed E-state index contributed by atoms with van der Waals surface area (Å²) in [5, 5.41) is 8.79. The number of rotatable bonds is 5. The Hall–Kier alpha value is -1.26. The number of carboxylic acids is 1. The fourth-order valence-electron chi connectivity index (χ4n) is 1.15. The van der Waals surface area contributed by atoms with E-state index in [0.717, 1.165) is 6.42 Å². The predicted octanol–water partition coefficient (Wildman–Crippen LogP) is 1.49. The van der Waals surface area contributed by atoms with E-state index in [4.69, 9.17) is 5.11 Å². The van der Waals surface area contributed by atoms with Gasteiger partial charge in [0.1, 0.15) is 6.04 Å². The highest BCUT2D eigenvalue weighted by Gasteiger charge is 2.23. The summed E-state index contributed by atoms with van der Waals surface area (Å²) in [5.41, 5.74) is 0. The first kappa shape index (κ1) is 14.7. The zero-order valence-corrected chi connectivity index (χ0v) is 10.7. The van der Waals surface area contributed by atoms with Gasteiger partial charge in [0.25, 0.3) is 0 Å². The Bertz CT molecular complexity index is 254. The third-order valence-electron chi connectivity index (χ3n) is 2.61. The van der Waals surface area contributed by atoms with Gasteiger partial charge in [-0.2, -0.15) is 0 Å². The monoisotopic (exact) mass is 230 g/mol. The van der Waals surface area contributed by atoms with Crippen LogP contribution in [-0.2, 0) is 4.79 Å². The lowest BCUT2D eigenvalue weighted by Gasteiger charge is -2.27. The Morgan fingerprint density at radius 2 is 1.69 bits per heavy atom. The highest BCUT2D eigenvalue weighted by Crippen LogP contribution is 2.05. The van der Waals surface area contributed by atoms with E-state index in [2.05, 4.69) is 13.8 Å². The van der Waals surface area contributed by atoms with Crippen molar-refractivity contribution in [1.82, 2.24) is 9.80 Å². The highest BCUT2D eigenvalue weighted by molar-refractivity contribution is 5.82. The first-order valence-electron chi connectivity index (χ1n) is 5.48. The molecule has 16 heavy (non-hydrogen) atoms. The van der Waals surface area contributed by atoms with Crippen LogP contribution in [-0.4, -0.2) is 53.6 Å². The minimum Gasteiger partial charge on any atom is -0.480 e. The first-order valence-corrected chi connectivity index (χ1v) is 5.48. The minimum atomic E-state index is -0.992. The van der Waals surface area contributed by atoms with Gasteiger partial charge in [0.15, 0.2) is 0 Å². The number of likely N-dealkylation sites (N-methyl/N-ethyl adjacent to an activating group) is 1. The van der Waals surface area contributed by atoms with Crippen molar-refractivity contribution in [2.24, 2.45) is 5.92 Å². The minimum absolute atomic E-state index is 0.254. The molecule has 5 nitrogen and oxygen atoms in total. The number of carbonyl (C=O) groups is 2. The normalized spacial score (nSPS) is 12.4. The first-order chi connectivity index (χ1) is 7.27. The van der Waals surface area contributed by atoms with Gasteiger partial charge in [0.2, 0.25) is 0 Å². The Balaban J connectivity index is 4.26. The average molecular weight is 230 g/mol. The van der Waals surface area contributed by atoms with Gasteiger partial charge in [-0.15, -0.1) is 0 Å². The fraction of sp³-hybridized carbons (Fsp3) is 0.818. The molecular formula is C11H22N2O3. The number of aliphatic carboxylic acids is 1. The maximum atomic E-state index is 11.8. The highest BCUT2D eigenvalue weighted by atomic mass is 16.4. The second-order valence-electron chi connectivity index (χ2n) is 4.51. The van der Waals surface area contributed by atoms with E-state index in [1.165, 1.54) is 18.9 Å². The van der Waals surface area contributed by atoms with Gasteiger partial charge in [-0.1, -0.05) is 13.8 Å². The lowest BCUT2D eigenvalue weighted by molar-refractivity contribution is -0.141. The Labute approximate surface area is 97.0 Å². The molecule has 94 valence electrons. The van der Waals surface area contributed by atoms with Gasteiger partial charge < -0.3 is 14.9 Å². The molecule has 0 aliphatic carbocycles. The molecule has 0 aromatic carbocycles. The van der Waals surface area contributed by atoms with Crippen LogP contribution in [0, 0.1) is 5.92 Å². The molecule has 0 radical (unpaired) electrons. The van der Waals surface area contributed by atoms with Crippen LogP contribution in [0.4, 0.5) is 4.79 Å². The van der Waals surface area contributed by atoms with Gasteiger partial charge in [-0.25, -0.2) is 9.59 Å². The van der Waals surface area contributed by atoms with Gasteiger partial charge in [0, 0.05) is 20.6 Å². The van der Waals surface area contributed by atoms with E-state index in [1.54, 1.807) is 11.9 Å². The quantitative estimate of drug-likeness (QED) is 0.778. The number of amides is 2. The number of nitrogens with zero attached hydrogens (tertiary/aromatic N) is 2. The molecule has 0 aliphatic heterocycles. The third-order valence-corrected chi connectivity index (χ3v) is 2.61. The van der Waals surface area contributed by atoms with E-state index in [0.29, 0.717) is 12.5 Å². The fourth-order valence-corrected chi connectivity index (χ4v) is 1.15. The standard InChI is InChI=1S/C11H22N2O3/c1-8(2)6-7-12(4)11(16)13(5)9(3)10(14)15/h8-9H,6-7H2,1-5H3,(H,14,15). The molecule has 0 heterocycles. The molecule has 0 aromatic heterocycles. The zero-order chi connectivity index (χ0) is 12.9. The van der Waals surface area contributed by atoms with E-state index in [1.807, 2.05) is 0 Å². The number of carbonyl (C=O) groups excluding carboxylic acids is 1. The van der Waals surface area contributed by atoms with Crippen molar-refractivity contribution < 1.29 is 14.7 Å². The lowest BCUT2D eigenvalue weighted by Crippen LogP contribution is -2.46. The summed E-state index contributed by atoms with van der Waals surface area (Å²) in [4.78, 5) is 25.3. The summed E-state index contributed by atoms with van der Waals surface area (Å²) in [7, 11) is 3.20. The summed E-state index contributed by atoms with van der Waals surface area (Å²) in [6.45, 7) is 6.31. The second kappa shape index (κ2) is 6.35. The summed E-state index contributed by atoms with van der Waals surface area (Å²) in [6.07, 6.45) is 0.914. The number of urea groups is 1. The van der Waals surface area contributed by atoms with Crippen LogP contribution in [0.2, 0.25) is 0 Å². The molecule has 0 spiro atoms. The molecule has 2 amide bonds. The number of hydrogen-bond donors (Lipinski definition) is 1. The topological polar surface area (TPSA) is 60.9 Å². The van der Waals surface area contributed by atoms with Crippen LogP contribution in [0.15, 0.2) is 0 Å². The van der Waals surface area contributed by atoms with Gasteiger partial charge in [-0.05, 0) is 19.3 Å². The van der Waals surface area contributed by atoms with Gasteiger partial charge in [-0.3, -0.25) is 0 Å². The molecule has 0 saturated carbocycles. The Morgan fingerprint density at radius 3 is 2.06 bits per heavy atom. The van der Waals surface area contributed by atoms with Crippen molar-refractivity contribution in [1.29, 1.82) is 0 Å². The Kier molecular flexibility index (Phi) is 5.85. The van der Waals surface area contributed by atoms with Crippen molar-refractivity contribution in [2.75, 3.05) is 20.6 Å². The molecule has 5 heteroatoms. The van der Waals surface area contributed by atoms with Crippen molar-refractivity contribution >= 4 is 12.0 Å². The predicted molar refractivity (Wildman–Crippen MR) is 62.3 cm³/mol. The molecule has 1 atom stereocenters. The number of carboxylic acid groups (broad SMARTS) is 1. The second-order valence-corrected chi connectivity index (χ2v) is 4.51. The molecule has 0 fully saturated rings. The van der Waals surface area contributed by atoms with Gasteiger partial charge >= 0.3 is 12.0 Å². The van der Waals surface area contributed by atoms with Gasteiger partial charge in [0.05, 0.1) is 0 Å². The SMILES string of the molecule is CC(C)CCN(C)C(=O)N(C)C(C)C(=O)O. The number of hydrogen-bond acceptors (Lipinski definition) is 2. The van der Waals surface area contributed by atoms with Crippen LogP contribution in [0.3, 0.4) is 0 Å². The summed E-state index contributed by atoms with van der Waals surface area (Å²) >= 11 is 0. The molecule has 0 bridgehead atoms. The van der Waals surface area contributed by atoms with Crippen molar-refractivity contribution in [2.45, 2.75) is 33.2 Å². The Morgan fingerprint density at radius 1 is 1.19 bits per heavy atom. The van der Waals surface area contributed by atoms with Crippen LogP contribution in [0.1, 0.15) is 27.2 Å². The smallest absolute Gasteiger partial charge is 0.326 e. The molecule has 0 rings (SSSR count). The summed E-state index contributed by atoms with van der Waals surface area (Å²) in [5.74, 6) is -0.467. The molecule has 1 N–H and O–H groups in total. The van der Waals surface area contributed by atoms with E-state index >= 15 is 0 Å². The maximum absolute atomic E-state index is 11.8. The summed E-state index contributed by atoms with van der Waals surface area (Å²) < 4.78 is 0. The molecule has 1 unspecified atom stereocenters. The maximum Gasteiger partial charge on any atom is 0.326 e. The molecule has 0 aromatic rings. The zero-order valence-electron chi connectivity index (χ0n) is 10.7. The van der Waals surface area contributed by atoms with Crippen molar-refractivity contribution in [3.63, 3.8) is 0 Å². The van der Waals surface area contributed by atoms with E-state index in [9.17, 15) is 9.59 Å². The summed E-state index contributed by atoms with van der Waals surface area (Å²) in [6, 6.07) is -1.05. The van der Waals surface area contributed by atoms with Crippen LogP contribution in [0.25, 0.3) is 0 Å². The van der Waals surface area contributed by atoms with Crippen LogP contribution >= 0.6 is 0 Å². The van der Waals surface area contributed by atoms with E-state index in [-0.39, 0.29) is 6.03 Å². The lowest BCUT2D eigenvalue weighted by atomic mass is 10.1. The van der Waals surface area contributed by atoms with Crippen LogP contribution < -0.4 is 0 Å². The van der Waals surface area contributed by atoms with Crippen molar-refractivity contribution in [3.05, 3.63) is 0 Å². The largest absolute Gasteiger partial charge is 0.480 e. The molecular weight excluding hydrogens is 208 g/mol. The van der Waals surface area contributed by atoms with Crippen LogP contribution in [0.5, 0.6) is 0 Å². The van der Waals surface area contributed by atoms with Crippen molar-refractivity contribution in [3.8, 4) is 0 Å². The molecule has 0 saturated heterocycles. The van der Waals surface area contributed by atoms with E-state index < -0.39 is 12.0 Å². The third kappa shape index (κ3) is 4.51. The molecule has 0 aliphatic rings.